The number of aryl methyl sites for hydroxylation is 1. The van der Waals surface area contributed by atoms with Crippen LogP contribution in [0.25, 0.3) is 0 Å². The quantitative estimate of drug-likeness (QED) is 0.560. The Morgan fingerprint density at radius 1 is 0.960 bits per heavy atom. The number of aliphatic imine (C=N–C) groups is 1. The van der Waals surface area contributed by atoms with Crippen LogP contribution in [0.5, 0.6) is 0 Å². The van der Waals surface area contributed by atoms with Gasteiger partial charge < -0.3 is 16.0 Å². The Bertz CT molecular complexity index is 723. The molecule has 0 aliphatic heterocycles. The first-order chi connectivity index (χ1) is 12.1. The molecule has 0 spiro atoms. The second kappa shape index (κ2) is 9.47. The Morgan fingerprint density at radius 2 is 1.64 bits per heavy atom. The third-order valence-electron chi connectivity index (χ3n) is 3.94. The first-order valence-electron chi connectivity index (χ1n) is 8.50. The second-order valence-electron chi connectivity index (χ2n) is 5.76. The SMILES string of the molecule is CCNC(=O)c1ccc(CNC(=NC)NCc2ccccc2C)cc1. The predicted octanol–water partition coefficient (Wildman–Crippen LogP) is 2.61. The minimum atomic E-state index is -0.0438. The molecule has 0 unspecified atom stereocenters. The van der Waals surface area contributed by atoms with Crippen molar-refractivity contribution >= 4 is 11.9 Å². The van der Waals surface area contributed by atoms with Crippen molar-refractivity contribution in [1.82, 2.24) is 16.0 Å². The van der Waals surface area contributed by atoms with E-state index in [2.05, 4.69) is 40.0 Å². The number of carbonyl (C=O) groups is 1. The van der Waals surface area contributed by atoms with Crippen molar-refractivity contribution in [2.45, 2.75) is 26.9 Å². The molecule has 5 nitrogen and oxygen atoms in total. The molecule has 3 N–H and O–H groups in total. The Hall–Kier alpha value is -2.82. The van der Waals surface area contributed by atoms with Crippen LogP contribution in [0.4, 0.5) is 0 Å². The van der Waals surface area contributed by atoms with E-state index in [4.69, 9.17) is 0 Å². The number of rotatable bonds is 6. The Kier molecular flexibility index (Phi) is 7.01. The van der Waals surface area contributed by atoms with E-state index in [-0.39, 0.29) is 5.91 Å². The van der Waals surface area contributed by atoms with E-state index in [0.717, 1.165) is 18.1 Å². The van der Waals surface area contributed by atoms with Crippen LogP contribution < -0.4 is 16.0 Å². The maximum absolute atomic E-state index is 11.8. The number of amides is 1. The molecule has 0 saturated heterocycles. The average Bonchev–Trinajstić information content (AvgIpc) is 2.64. The summed E-state index contributed by atoms with van der Waals surface area (Å²) in [5, 5.41) is 9.40. The van der Waals surface area contributed by atoms with Gasteiger partial charge in [0.1, 0.15) is 0 Å². The highest BCUT2D eigenvalue weighted by Gasteiger charge is 2.04. The molecule has 0 saturated carbocycles. The minimum absolute atomic E-state index is 0.0438. The van der Waals surface area contributed by atoms with Gasteiger partial charge in [0.15, 0.2) is 5.96 Å². The maximum Gasteiger partial charge on any atom is 0.251 e. The van der Waals surface area contributed by atoms with Gasteiger partial charge in [-0.2, -0.15) is 0 Å². The summed E-state index contributed by atoms with van der Waals surface area (Å²) in [5.41, 5.74) is 4.27. The summed E-state index contributed by atoms with van der Waals surface area (Å²) < 4.78 is 0. The average molecular weight is 338 g/mol. The molecular formula is C20H26N4O. The van der Waals surface area contributed by atoms with Gasteiger partial charge in [-0.1, -0.05) is 36.4 Å². The van der Waals surface area contributed by atoms with E-state index in [0.29, 0.717) is 18.7 Å². The smallest absolute Gasteiger partial charge is 0.251 e. The normalized spacial score (nSPS) is 11.1. The fourth-order valence-corrected chi connectivity index (χ4v) is 2.43. The van der Waals surface area contributed by atoms with Crippen LogP contribution in [0.3, 0.4) is 0 Å². The number of nitrogens with one attached hydrogen (secondary N) is 3. The van der Waals surface area contributed by atoms with Gasteiger partial charge in [-0.25, -0.2) is 0 Å². The van der Waals surface area contributed by atoms with E-state index in [1.807, 2.05) is 43.3 Å². The lowest BCUT2D eigenvalue weighted by Gasteiger charge is -2.13. The largest absolute Gasteiger partial charge is 0.352 e. The van der Waals surface area contributed by atoms with Gasteiger partial charge in [0.05, 0.1) is 0 Å². The molecule has 2 rings (SSSR count). The molecule has 0 fully saturated rings. The number of carbonyl (C=O) groups excluding carboxylic acids is 1. The van der Waals surface area contributed by atoms with Crippen LogP contribution in [0, 0.1) is 6.92 Å². The topological polar surface area (TPSA) is 65.5 Å². The fourth-order valence-electron chi connectivity index (χ4n) is 2.43. The number of benzene rings is 2. The molecule has 25 heavy (non-hydrogen) atoms. The van der Waals surface area contributed by atoms with Crippen molar-refractivity contribution in [1.29, 1.82) is 0 Å². The summed E-state index contributed by atoms with van der Waals surface area (Å²) in [5.74, 6) is 0.703. The van der Waals surface area contributed by atoms with Crippen molar-refractivity contribution in [3.8, 4) is 0 Å². The second-order valence-corrected chi connectivity index (χ2v) is 5.76. The Morgan fingerprint density at radius 3 is 2.28 bits per heavy atom. The maximum atomic E-state index is 11.8. The molecule has 0 aliphatic carbocycles. The van der Waals surface area contributed by atoms with Crippen molar-refractivity contribution in [3.63, 3.8) is 0 Å². The van der Waals surface area contributed by atoms with Gasteiger partial charge in [0.25, 0.3) is 5.91 Å². The number of hydrogen-bond acceptors (Lipinski definition) is 2. The lowest BCUT2D eigenvalue weighted by molar-refractivity contribution is 0.0956. The molecule has 5 heteroatoms. The molecule has 0 heterocycles. The molecule has 2 aromatic carbocycles. The van der Waals surface area contributed by atoms with E-state index in [1.54, 1.807) is 7.05 Å². The molecule has 0 radical (unpaired) electrons. The summed E-state index contributed by atoms with van der Waals surface area (Å²) in [7, 11) is 1.76. The monoisotopic (exact) mass is 338 g/mol. The van der Waals surface area contributed by atoms with E-state index in [1.165, 1.54) is 11.1 Å². The van der Waals surface area contributed by atoms with Gasteiger partial charge in [-0.15, -0.1) is 0 Å². The van der Waals surface area contributed by atoms with Crippen molar-refractivity contribution in [2.75, 3.05) is 13.6 Å². The molecular weight excluding hydrogens is 312 g/mol. The third-order valence-corrected chi connectivity index (χ3v) is 3.94. The van der Waals surface area contributed by atoms with Crippen molar-refractivity contribution in [3.05, 3.63) is 70.8 Å². The third kappa shape index (κ3) is 5.64. The van der Waals surface area contributed by atoms with Gasteiger partial charge >= 0.3 is 0 Å². The first kappa shape index (κ1) is 18.5. The highest BCUT2D eigenvalue weighted by Crippen LogP contribution is 2.06. The van der Waals surface area contributed by atoms with Crippen molar-refractivity contribution < 1.29 is 4.79 Å². The number of hydrogen-bond donors (Lipinski definition) is 3. The molecule has 1 amide bonds. The molecule has 132 valence electrons. The lowest BCUT2D eigenvalue weighted by atomic mass is 10.1. The van der Waals surface area contributed by atoms with Gasteiger partial charge in [-0.05, 0) is 42.7 Å². The highest BCUT2D eigenvalue weighted by atomic mass is 16.1. The fraction of sp³-hybridized carbons (Fsp3) is 0.300. The zero-order chi connectivity index (χ0) is 18.1. The van der Waals surface area contributed by atoms with Crippen LogP contribution in [0.2, 0.25) is 0 Å². The van der Waals surface area contributed by atoms with Crippen LogP contribution in [0.1, 0.15) is 34.0 Å². The zero-order valence-electron chi connectivity index (χ0n) is 15.1. The minimum Gasteiger partial charge on any atom is -0.352 e. The van der Waals surface area contributed by atoms with Crippen LogP contribution in [-0.4, -0.2) is 25.5 Å². The van der Waals surface area contributed by atoms with Crippen LogP contribution in [-0.2, 0) is 13.1 Å². The lowest BCUT2D eigenvalue weighted by Crippen LogP contribution is -2.36. The first-order valence-corrected chi connectivity index (χ1v) is 8.50. The molecule has 0 bridgehead atoms. The standard InChI is InChI=1S/C20H26N4O/c1-4-22-19(25)17-11-9-16(10-12-17)13-23-20(21-3)24-14-18-8-6-5-7-15(18)2/h5-12H,4,13-14H2,1-3H3,(H,22,25)(H2,21,23,24). The molecule has 0 atom stereocenters. The number of guanidine groups is 1. The van der Waals surface area contributed by atoms with Crippen molar-refractivity contribution in [2.24, 2.45) is 4.99 Å². The van der Waals surface area contributed by atoms with E-state index in [9.17, 15) is 4.79 Å². The number of nitrogens with zero attached hydrogens (tertiary/aromatic N) is 1. The van der Waals surface area contributed by atoms with Crippen LogP contribution >= 0.6 is 0 Å². The summed E-state index contributed by atoms with van der Waals surface area (Å²) in [4.78, 5) is 16.0. The predicted molar refractivity (Wildman–Crippen MR) is 103 cm³/mol. The Balaban J connectivity index is 1.86. The van der Waals surface area contributed by atoms with Gasteiger partial charge in [0.2, 0.25) is 0 Å². The molecule has 2 aromatic rings. The molecule has 0 aromatic heterocycles. The highest BCUT2D eigenvalue weighted by molar-refractivity contribution is 5.94. The van der Waals surface area contributed by atoms with Gasteiger partial charge in [0, 0.05) is 32.2 Å². The molecule has 0 aliphatic rings. The Labute approximate surface area is 149 Å². The summed E-state index contributed by atoms with van der Waals surface area (Å²) in [6.07, 6.45) is 0. The van der Waals surface area contributed by atoms with E-state index >= 15 is 0 Å². The zero-order valence-corrected chi connectivity index (χ0v) is 15.1. The summed E-state index contributed by atoms with van der Waals surface area (Å²) >= 11 is 0. The van der Waals surface area contributed by atoms with Gasteiger partial charge in [-0.3, -0.25) is 9.79 Å². The van der Waals surface area contributed by atoms with E-state index < -0.39 is 0 Å². The summed E-state index contributed by atoms with van der Waals surface area (Å²) in [6, 6.07) is 15.9. The van der Waals surface area contributed by atoms with Crippen LogP contribution in [0.15, 0.2) is 53.5 Å². The summed E-state index contributed by atoms with van der Waals surface area (Å²) in [6.45, 7) is 6.01.